The fourth-order valence-corrected chi connectivity index (χ4v) is 2.79. The molecule has 1 saturated heterocycles. The van der Waals surface area contributed by atoms with Gasteiger partial charge in [0.1, 0.15) is 0 Å². The quantitative estimate of drug-likeness (QED) is 0.889. The van der Waals surface area contributed by atoms with E-state index in [0.29, 0.717) is 17.6 Å². The summed E-state index contributed by atoms with van der Waals surface area (Å²) in [5.74, 6) is 0.0474. The molecule has 0 bridgehead atoms. The molecule has 0 radical (unpaired) electrons. The summed E-state index contributed by atoms with van der Waals surface area (Å²) in [6.45, 7) is 7.33. The van der Waals surface area contributed by atoms with Crippen molar-refractivity contribution in [3.63, 3.8) is 0 Å². The fraction of sp³-hybridized carbons (Fsp3) is 0.533. The van der Waals surface area contributed by atoms with E-state index in [1.165, 1.54) is 0 Å². The summed E-state index contributed by atoms with van der Waals surface area (Å²) in [6.07, 6.45) is 0. The molecule has 2 unspecified atom stereocenters. The topological polar surface area (TPSA) is 44.4 Å². The van der Waals surface area contributed by atoms with Gasteiger partial charge in [0.05, 0.1) is 12.6 Å². The lowest BCUT2D eigenvalue weighted by Crippen LogP contribution is -2.52. The molecule has 2 N–H and O–H groups in total. The zero-order valence-corrected chi connectivity index (χ0v) is 14.0. The summed E-state index contributed by atoms with van der Waals surface area (Å²) in [4.78, 5) is 14.3. The largest absolute Gasteiger partial charge is 0.348 e. The van der Waals surface area contributed by atoms with Crippen LogP contribution in [0.3, 0.4) is 0 Å². The second kappa shape index (κ2) is 8.59. The number of carbonyl (C=O) groups is 1. The fourth-order valence-electron chi connectivity index (χ4n) is 2.49. The van der Waals surface area contributed by atoms with Gasteiger partial charge in [0, 0.05) is 30.7 Å². The van der Waals surface area contributed by atoms with Crippen molar-refractivity contribution in [2.75, 3.05) is 26.2 Å². The first kappa shape index (κ1) is 18.2. The van der Waals surface area contributed by atoms with Crippen LogP contribution in [0.25, 0.3) is 0 Å². The highest BCUT2D eigenvalue weighted by molar-refractivity contribution is 6.31. The second-order valence-corrected chi connectivity index (χ2v) is 5.74. The van der Waals surface area contributed by atoms with E-state index in [1.54, 1.807) is 0 Å². The molecule has 2 rings (SSSR count). The number of hydrogen-bond acceptors (Lipinski definition) is 3. The minimum Gasteiger partial charge on any atom is -0.348 e. The molecule has 0 spiro atoms. The monoisotopic (exact) mass is 331 g/mol. The maximum Gasteiger partial charge on any atom is 0.234 e. The van der Waals surface area contributed by atoms with E-state index in [9.17, 15) is 4.79 Å². The summed E-state index contributed by atoms with van der Waals surface area (Å²) in [5, 5.41) is 7.03. The van der Waals surface area contributed by atoms with Crippen molar-refractivity contribution in [3.05, 3.63) is 34.9 Å². The number of halogens is 2. The average molecular weight is 332 g/mol. The van der Waals surface area contributed by atoms with E-state index in [2.05, 4.69) is 22.5 Å². The Balaban J connectivity index is 0.00000220. The number of amides is 1. The molecule has 1 aliphatic rings. The highest BCUT2D eigenvalue weighted by atomic mass is 35.5. The first-order valence-corrected chi connectivity index (χ1v) is 7.44. The van der Waals surface area contributed by atoms with Gasteiger partial charge in [-0.1, -0.05) is 29.8 Å². The molecule has 4 nitrogen and oxygen atoms in total. The van der Waals surface area contributed by atoms with E-state index in [1.807, 2.05) is 31.2 Å². The average Bonchev–Trinajstić information content (AvgIpc) is 2.41. The zero-order valence-electron chi connectivity index (χ0n) is 12.4. The lowest BCUT2D eigenvalue weighted by molar-refractivity contribution is -0.123. The van der Waals surface area contributed by atoms with Crippen LogP contribution in [-0.4, -0.2) is 43.0 Å². The number of hydrogen-bond donors (Lipinski definition) is 2. The van der Waals surface area contributed by atoms with Gasteiger partial charge >= 0.3 is 0 Å². The van der Waals surface area contributed by atoms with Gasteiger partial charge in [0.15, 0.2) is 0 Å². The summed E-state index contributed by atoms with van der Waals surface area (Å²) in [7, 11) is 0. The number of piperazine rings is 1. The van der Waals surface area contributed by atoms with Gasteiger partial charge in [-0.15, -0.1) is 12.4 Å². The Labute approximate surface area is 137 Å². The maximum atomic E-state index is 12.1. The van der Waals surface area contributed by atoms with Crippen molar-refractivity contribution in [2.24, 2.45) is 0 Å². The molecule has 0 aliphatic carbocycles. The highest BCUT2D eigenvalue weighted by Crippen LogP contribution is 2.22. The van der Waals surface area contributed by atoms with E-state index >= 15 is 0 Å². The first-order chi connectivity index (χ1) is 9.58. The lowest BCUT2D eigenvalue weighted by Gasteiger charge is -2.33. The van der Waals surface area contributed by atoms with Crippen LogP contribution in [0, 0.1) is 0 Å². The molecular weight excluding hydrogens is 309 g/mol. The van der Waals surface area contributed by atoms with Crippen LogP contribution in [0.5, 0.6) is 0 Å². The van der Waals surface area contributed by atoms with Crippen molar-refractivity contribution in [3.8, 4) is 0 Å². The molecule has 2 atom stereocenters. The number of benzene rings is 1. The van der Waals surface area contributed by atoms with Crippen molar-refractivity contribution in [1.29, 1.82) is 0 Å². The van der Waals surface area contributed by atoms with E-state index in [0.717, 1.165) is 25.2 Å². The van der Waals surface area contributed by atoms with Gasteiger partial charge in [-0.25, -0.2) is 0 Å². The predicted octanol–water partition coefficient (Wildman–Crippen LogP) is 2.23. The van der Waals surface area contributed by atoms with Crippen molar-refractivity contribution in [2.45, 2.75) is 25.9 Å². The Morgan fingerprint density at radius 1 is 1.52 bits per heavy atom. The van der Waals surface area contributed by atoms with Gasteiger partial charge in [0.25, 0.3) is 0 Å². The number of nitrogens with zero attached hydrogens (tertiary/aromatic N) is 1. The molecule has 1 aromatic rings. The lowest BCUT2D eigenvalue weighted by atomic mass is 10.1. The Morgan fingerprint density at radius 2 is 2.24 bits per heavy atom. The minimum atomic E-state index is -0.0746. The molecule has 21 heavy (non-hydrogen) atoms. The molecule has 1 fully saturated rings. The number of rotatable bonds is 4. The van der Waals surface area contributed by atoms with Crippen LogP contribution in [0.15, 0.2) is 24.3 Å². The van der Waals surface area contributed by atoms with Crippen LogP contribution >= 0.6 is 24.0 Å². The third-order valence-corrected chi connectivity index (χ3v) is 4.08. The Bertz CT molecular complexity index is 470. The number of carbonyl (C=O) groups excluding carboxylic acids is 1. The predicted molar refractivity (Wildman–Crippen MR) is 89.2 cm³/mol. The minimum absolute atomic E-state index is 0. The second-order valence-electron chi connectivity index (χ2n) is 5.33. The molecule has 1 aromatic carbocycles. The summed E-state index contributed by atoms with van der Waals surface area (Å²) >= 11 is 6.15. The van der Waals surface area contributed by atoms with E-state index in [4.69, 9.17) is 11.6 Å². The van der Waals surface area contributed by atoms with Crippen LogP contribution in [0.1, 0.15) is 25.5 Å². The van der Waals surface area contributed by atoms with Gasteiger partial charge < -0.3 is 10.6 Å². The van der Waals surface area contributed by atoms with Crippen molar-refractivity contribution in [1.82, 2.24) is 15.5 Å². The molecule has 1 heterocycles. The standard InChI is InChI=1S/C15H22ClN3O.ClH/c1-11-9-17-7-8-19(11)10-15(20)18-12(2)13-5-3-4-6-14(13)16;/h3-6,11-12,17H,7-10H2,1-2H3,(H,18,20);1H. The number of nitrogens with one attached hydrogen (secondary N) is 2. The third-order valence-electron chi connectivity index (χ3n) is 3.73. The third kappa shape index (κ3) is 5.15. The van der Waals surface area contributed by atoms with Crippen molar-refractivity contribution < 1.29 is 4.79 Å². The molecule has 1 aliphatic heterocycles. The van der Waals surface area contributed by atoms with Crippen molar-refractivity contribution >= 4 is 29.9 Å². The van der Waals surface area contributed by atoms with Gasteiger partial charge in [-0.05, 0) is 25.5 Å². The van der Waals surface area contributed by atoms with Gasteiger partial charge in [-0.3, -0.25) is 9.69 Å². The molecule has 118 valence electrons. The molecule has 6 heteroatoms. The van der Waals surface area contributed by atoms with Crippen LogP contribution in [-0.2, 0) is 4.79 Å². The first-order valence-electron chi connectivity index (χ1n) is 7.06. The highest BCUT2D eigenvalue weighted by Gasteiger charge is 2.21. The van der Waals surface area contributed by atoms with E-state index < -0.39 is 0 Å². The van der Waals surface area contributed by atoms with Crippen LogP contribution in [0.2, 0.25) is 5.02 Å². The molecule has 1 amide bonds. The molecule has 0 saturated carbocycles. The summed E-state index contributed by atoms with van der Waals surface area (Å²) < 4.78 is 0. The Kier molecular flexibility index (Phi) is 7.46. The van der Waals surface area contributed by atoms with E-state index in [-0.39, 0.29) is 24.4 Å². The summed E-state index contributed by atoms with van der Waals surface area (Å²) in [5.41, 5.74) is 0.955. The SMILES string of the molecule is CC(NC(=O)CN1CCNCC1C)c1ccccc1Cl.Cl. The maximum absolute atomic E-state index is 12.1. The smallest absolute Gasteiger partial charge is 0.234 e. The van der Waals surface area contributed by atoms with Crippen LogP contribution in [0.4, 0.5) is 0 Å². The van der Waals surface area contributed by atoms with Gasteiger partial charge in [0.2, 0.25) is 5.91 Å². The molecule has 0 aromatic heterocycles. The summed E-state index contributed by atoms with van der Waals surface area (Å²) in [6, 6.07) is 7.93. The Morgan fingerprint density at radius 3 is 2.90 bits per heavy atom. The normalized spacial score (nSPS) is 20.4. The molecular formula is C15H23Cl2N3O. The Hall–Kier alpha value is -0.810. The van der Waals surface area contributed by atoms with Gasteiger partial charge in [-0.2, -0.15) is 0 Å². The van der Waals surface area contributed by atoms with Crippen LogP contribution < -0.4 is 10.6 Å². The zero-order chi connectivity index (χ0) is 14.5.